The van der Waals surface area contributed by atoms with Crippen LogP contribution in [0.4, 0.5) is 5.82 Å². The van der Waals surface area contributed by atoms with Crippen molar-refractivity contribution in [1.82, 2.24) is 14.5 Å². The summed E-state index contributed by atoms with van der Waals surface area (Å²) >= 11 is 0. The van der Waals surface area contributed by atoms with Gasteiger partial charge in [-0.15, -0.1) is 0 Å². The highest BCUT2D eigenvalue weighted by atomic mass is 32.2. The largest absolute Gasteiger partial charge is 0.383 e. The van der Waals surface area contributed by atoms with Gasteiger partial charge in [0.25, 0.3) is 0 Å². The van der Waals surface area contributed by atoms with E-state index in [0.29, 0.717) is 0 Å². The van der Waals surface area contributed by atoms with Gasteiger partial charge >= 0.3 is 0 Å². The van der Waals surface area contributed by atoms with Crippen LogP contribution in [0.25, 0.3) is 0 Å². The summed E-state index contributed by atoms with van der Waals surface area (Å²) in [5, 5.41) is 4.03. The van der Waals surface area contributed by atoms with Crippen LogP contribution in [0.1, 0.15) is 38.4 Å². The monoisotopic (exact) mass is 308 g/mol. The summed E-state index contributed by atoms with van der Waals surface area (Å²) in [6.45, 7) is 5.56. The lowest BCUT2D eigenvalue weighted by atomic mass is 10.1. The van der Waals surface area contributed by atoms with Gasteiger partial charge in [-0.25, -0.2) is 17.8 Å². The fraction of sp³-hybridized carbons (Fsp3) is 0.357. The van der Waals surface area contributed by atoms with Crippen molar-refractivity contribution in [3.63, 3.8) is 0 Å². The fourth-order valence-electron chi connectivity index (χ4n) is 2.08. The summed E-state index contributed by atoms with van der Waals surface area (Å²) in [5.41, 5.74) is 6.77. The average molecular weight is 308 g/mol. The number of anilines is 1. The molecule has 0 aliphatic rings. The van der Waals surface area contributed by atoms with Gasteiger partial charge in [-0.1, -0.05) is 30.3 Å². The summed E-state index contributed by atoms with van der Waals surface area (Å²) in [4.78, 5) is 0.0129. The van der Waals surface area contributed by atoms with Crippen molar-refractivity contribution in [3.05, 3.63) is 42.1 Å². The van der Waals surface area contributed by atoms with Crippen molar-refractivity contribution in [1.29, 1.82) is 0 Å². The van der Waals surface area contributed by atoms with Crippen LogP contribution in [0.3, 0.4) is 0 Å². The highest BCUT2D eigenvalue weighted by molar-refractivity contribution is 7.89. The quantitative estimate of drug-likeness (QED) is 0.885. The first-order valence-corrected chi connectivity index (χ1v) is 8.21. The van der Waals surface area contributed by atoms with Crippen LogP contribution in [0.5, 0.6) is 0 Å². The van der Waals surface area contributed by atoms with Gasteiger partial charge in [-0.05, 0) is 26.3 Å². The lowest BCUT2D eigenvalue weighted by molar-refractivity contribution is 0.539. The second-order valence-corrected chi connectivity index (χ2v) is 6.87. The van der Waals surface area contributed by atoms with Gasteiger partial charge < -0.3 is 5.73 Å². The van der Waals surface area contributed by atoms with Crippen LogP contribution in [0.2, 0.25) is 0 Å². The zero-order valence-corrected chi connectivity index (χ0v) is 13.1. The Balaban J connectivity index is 2.27. The summed E-state index contributed by atoms with van der Waals surface area (Å²) in [6.07, 6.45) is 1.29. The maximum absolute atomic E-state index is 12.4. The summed E-state index contributed by atoms with van der Waals surface area (Å²) in [7, 11) is -3.71. The molecule has 0 aliphatic heterocycles. The summed E-state index contributed by atoms with van der Waals surface area (Å²) in [5.74, 6) is 0.151. The second-order valence-electron chi connectivity index (χ2n) is 5.19. The zero-order valence-electron chi connectivity index (χ0n) is 12.3. The number of hydrogen-bond donors (Lipinski definition) is 2. The van der Waals surface area contributed by atoms with E-state index in [2.05, 4.69) is 9.82 Å². The van der Waals surface area contributed by atoms with Crippen molar-refractivity contribution >= 4 is 15.8 Å². The minimum atomic E-state index is -3.71. The number of nitrogens with two attached hydrogens (primary N) is 1. The van der Waals surface area contributed by atoms with Gasteiger partial charge in [0.05, 0.1) is 6.20 Å². The Kier molecular flexibility index (Phi) is 4.34. The molecule has 0 fully saturated rings. The highest BCUT2D eigenvalue weighted by Crippen LogP contribution is 2.23. The number of sulfonamides is 1. The van der Waals surface area contributed by atoms with Crippen LogP contribution in [0.15, 0.2) is 41.4 Å². The van der Waals surface area contributed by atoms with Crippen LogP contribution in [-0.4, -0.2) is 18.2 Å². The minimum Gasteiger partial charge on any atom is -0.383 e. The van der Waals surface area contributed by atoms with Crippen LogP contribution in [-0.2, 0) is 10.0 Å². The maximum Gasteiger partial charge on any atom is 0.246 e. The first-order chi connectivity index (χ1) is 9.83. The highest BCUT2D eigenvalue weighted by Gasteiger charge is 2.24. The average Bonchev–Trinajstić information content (AvgIpc) is 2.82. The molecule has 0 bridgehead atoms. The Morgan fingerprint density at radius 1 is 1.19 bits per heavy atom. The molecule has 2 aromatic rings. The lowest BCUT2D eigenvalue weighted by Crippen LogP contribution is -2.27. The molecule has 0 radical (unpaired) electrons. The first-order valence-electron chi connectivity index (χ1n) is 6.73. The van der Waals surface area contributed by atoms with Gasteiger partial charge in [0.1, 0.15) is 10.7 Å². The smallest absolute Gasteiger partial charge is 0.246 e. The van der Waals surface area contributed by atoms with Crippen molar-refractivity contribution in [3.8, 4) is 0 Å². The normalized spacial score (nSPS) is 13.5. The molecular formula is C14H20N4O2S. The predicted molar refractivity (Wildman–Crippen MR) is 82.2 cm³/mol. The van der Waals surface area contributed by atoms with Gasteiger partial charge in [0.2, 0.25) is 10.0 Å². The van der Waals surface area contributed by atoms with Crippen molar-refractivity contribution < 1.29 is 8.42 Å². The standard InChI is InChI=1S/C14H20N4O2S/c1-10(2)18-14(15)13(9-16-18)21(19,20)17-11(3)12-7-5-4-6-8-12/h4-11,17H,15H2,1-3H3. The van der Waals surface area contributed by atoms with Gasteiger partial charge in [0.15, 0.2) is 0 Å². The van der Waals surface area contributed by atoms with Crippen molar-refractivity contribution in [2.45, 2.75) is 37.8 Å². The molecule has 1 aromatic heterocycles. The molecule has 3 N–H and O–H groups in total. The Labute approximate surface area is 125 Å². The van der Waals surface area contributed by atoms with Crippen molar-refractivity contribution in [2.24, 2.45) is 0 Å². The third-order valence-corrected chi connectivity index (χ3v) is 4.77. The predicted octanol–water partition coefficient (Wildman–Crippen LogP) is 2.09. The minimum absolute atomic E-state index is 0.000460. The Hall–Kier alpha value is -1.86. The Morgan fingerprint density at radius 3 is 2.33 bits per heavy atom. The number of nitrogens with zero attached hydrogens (tertiary/aromatic N) is 2. The van der Waals surface area contributed by atoms with E-state index in [-0.39, 0.29) is 22.8 Å². The van der Waals surface area contributed by atoms with E-state index in [4.69, 9.17) is 5.73 Å². The Morgan fingerprint density at radius 2 is 1.81 bits per heavy atom. The molecule has 6 nitrogen and oxygen atoms in total. The summed E-state index contributed by atoms with van der Waals surface area (Å²) in [6, 6.07) is 9.01. The molecule has 0 spiro atoms. The number of rotatable bonds is 5. The molecule has 114 valence electrons. The molecule has 1 atom stereocenters. The van der Waals surface area contributed by atoms with Gasteiger partial charge in [-0.3, -0.25) is 0 Å². The third-order valence-electron chi connectivity index (χ3n) is 3.21. The fourth-order valence-corrected chi connectivity index (χ4v) is 3.36. The van der Waals surface area contributed by atoms with E-state index in [1.54, 1.807) is 6.92 Å². The third kappa shape index (κ3) is 3.25. The zero-order chi connectivity index (χ0) is 15.6. The molecule has 0 saturated carbocycles. The van der Waals surface area contributed by atoms with E-state index in [0.717, 1.165) is 5.56 Å². The van der Waals surface area contributed by atoms with Crippen molar-refractivity contribution in [2.75, 3.05) is 5.73 Å². The van der Waals surface area contributed by atoms with Crippen LogP contribution < -0.4 is 10.5 Å². The van der Waals surface area contributed by atoms with E-state index < -0.39 is 10.0 Å². The van der Waals surface area contributed by atoms with Crippen LogP contribution in [0, 0.1) is 0 Å². The molecule has 21 heavy (non-hydrogen) atoms. The molecular weight excluding hydrogens is 288 g/mol. The second kappa shape index (κ2) is 5.87. The SMILES string of the molecule is CC(NS(=O)(=O)c1cnn(C(C)C)c1N)c1ccccc1. The molecule has 2 rings (SSSR count). The van der Waals surface area contributed by atoms with Gasteiger partial charge in [0, 0.05) is 12.1 Å². The number of nitrogen functional groups attached to an aromatic ring is 1. The lowest BCUT2D eigenvalue weighted by Gasteiger charge is -2.14. The van der Waals surface area contributed by atoms with Gasteiger partial charge in [-0.2, -0.15) is 5.10 Å². The molecule has 0 saturated heterocycles. The number of aromatic nitrogens is 2. The van der Waals surface area contributed by atoms with Crippen LogP contribution >= 0.6 is 0 Å². The molecule has 1 aromatic carbocycles. The number of nitrogens with one attached hydrogen (secondary N) is 1. The molecule has 7 heteroatoms. The Bertz CT molecular complexity index is 708. The maximum atomic E-state index is 12.4. The van der Waals surface area contributed by atoms with E-state index in [1.807, 2.05) is 44.2 Å². The topological polar surface area (TPSA) is 90.0 Å². The van der Waals surface area contributed by atoms with E-state index in [1.165, 1.54) is 10.9 Å². The number of benzene rings is 1. The molecule has 1 heterocycles. The number of hydrogen-bond acceptors (Lipinski definition) is 4. The van der Waals surface area contributed by atoms with E-state index in [9.17, 15) is 8.42 Å². The summed E-state index contributed by atoms with van der Waals surface area (Å²) < 4.78 is 29.0. The molecule has 0 aliphatic carbocycles. The molecule has 1 unspecified atom stereocenters. The van der Waals surface area contributed by atoms with E-state index >= 15 is 0 Å². The molecule has 0 amide bonds. The first kappa shape index (κ1) is 15.5.